The summed E-state index contributed by atoms with van der Waals surface area (Å²) in [5, 5.41) is 22.1. The molecule has 0 saturated heterocycles. The van der Waals surface area contributed by atoms with Crippen LogP contribution >= 0.6 is 0 Å². The molecule has 0 heterocycles. The van der Waals surface area contributed by atoms with Crippen molar-refractivity contribution in [2.45, 2.75) is 44.2 Å². The molecule has 0 aliphatic carbocycles. The van der Waals surface area contributed by atoms with Crippen molar-refractivity contribution in [1.29, 1.82) is 0 Å². The van der Waals surface area contributed by atoms with Gasteiger partial charge in [0, 0.05) is 4.92 Å². The predicted molar refractivity (Wildman–Crippen MR) is 133 cm³/mol. The molecule has 3 rings (SSSR count). The Bertz CT molecular complexity index is 1020. The van der Waals surface area contributed by atoms with E-state index in [0.717, 1.165) is 16.7 Å². The predicted octanol–water partition coefficient (Wildman–Crippen LogP) is 4.57. The van der Waals surface area contributed by atoms with Gasteiger partial charge in [0.25, 0.3) is 0 Å². The van der Waals surface area contributed by atoms with E-state index in [9.17, 15) is 15.2 Å². The lowest BCUT2D eigenvalue weighted by atomic mass is 10.0. The normalized spacial score (nSPS) is 14.5. The molecule has 0 unspecified atom stereocenters. The summed E-state index contributed by atoms with van der Waals surface area (Å²) in [4.78, 5) is 10.7. The molecular formula is C28H31NO6. The van der Waals surface area contributed by atoms with Crippen LogP contribution in [0.15, 0.2) is 104 Å². The van der Waals surface area contributed by atoms with Gasteiger partial charge in [-0.1, -0.05) is 97.1 Å². The Hall–Kier alpha value is -3.36. The highest BCUT2D eigenvalue weighted by Crippen LogP contribution is 2.22. The van der Waals surface area contributed by atoms with Crippen LogP contribution in [-0.4, -0.2) is 41.0 Å². The molecule has 1 N–H and O–H groups in total. The zero-order valence-electron chi connectivity index (χ0n) is 19.5. The van der Waals surface area contributed by atoms with E-state index in [1.54, 1.807) is 6.08 Å². The molecule has 35 heavy (non-hydrogen) atoms. The SMILES string of the molecule is C=C[C@@H](OCc1ccccc1)[C@H](OCc1ccccc1)[C@@H](OCc1ccccc1)[C@@H](O)C[N+](=O)[O-]. The first-order valence-corrected chi connectivity index (χ1v) is 11.5. The fourth-order valence-corrected chi connectivity index (χ4v) is 3.66. The Kier molecular flexibility index (Phi) is 10.6. The van der Waals surface area contributed by atoms with E-state index in [1.807, 2.05) is 91.0 Å². The molecule has 4 atom stereocenters. The number of ether oxygens (including phenoxy) is 3. The summed E-state index contributed by atoms with van der Waals surface area (Å²) in [5.41, 5.74) is 2.73. The summed E-state index contributed by atoms with van der Waals surface area (Å²) in [6.07, 6.45) is -2.42. The van der Waals surface area contributed by atoms with Crippen molar-refractivity contribution < 1.29 is 24.2 Å². The maximum absolute atomic E-state index is 11.2. The average Bonchev–Trinajstić information content (AvgIpc) is 2.88. The summed E-state index contributed by atoms with van der Waals surface area (Å²) in [5.74, 6) is 0. The molecular weight excluding hydrogens is 446 g/mol. The van der Waals surface area contributed by atoms with Gasteiger partial charge in [-0.15, -0.1) is 6.58 Å². The summed E-state index contributed by atoms with van der Waals surface area (Å²) in [6.45, 7) is 3.84. The van der Waals surface area contributed by atoms with Gasteiger partial charge in [-0.2, -0.15) is 0 Å². The minimum absolute atomic E-state index is 0.147. The van der Waals surface area contributed by atoms with Gasteiger partial charge < -0.3 is 19.3 Å². The van der Waals surface area contributed by atoms with E-state index in [1.165, 1.54) is 0 Å². The number of hydrogen-bond acceptors (Lipinski definition) is 6. The lowest BCUT2D eigenvalue weighted by Crippen LogP contribution is -2.50. The lowest BCUT2D eigenvalue weighted by Gasteiger charge is -2.34. The smallest absolute Gasteiger partial charge is 0.232 e. The van der Waals surface area contributed by atoms with Crippen LogP contribution in [0.2, 0.25) is 0 Å². The van der Waals surface area contributed by atoms with Crippen LogP contribution in [0.5, 0.6) is 0 Å². The molecule has 3 aromatic carbocycles. The molecule has 3 aromatic rings. The second kappa shape index (κ2) is 14.1. The molecule has 0 aliphatic heterocycles. The third-order valence-electron chi connectivity index (χ3n) is 5.45. The molecule has 0 bridgehead atoms. The number of benzene rings is 3. The number of nitro groups is 1. The van der Waals surface area contributed by atoms with Crippen molar-refractivity contribution in [2.24, 2.45) is 0 Å². The first-order valence-electron chi connectivity index (χ1n) is 11.5. The highest BCUT2D eigenvalue weighted by molar-refractivity contribution is 5.15. The first kappa shape index (κ1) is 26.2. The van der Waals surface area contributed by atoms with Gasteiger partial charge in [0.2, 0.25) is 6.54 Å². The van der Waals surface area contributed by atoms with Gasteiger partial charge in [0.15, 0.2) is 0 Å². The number of aliphatic hydroxyl groups excluding tert-OH is 1. The van der Waals surface area contributed by atoms with Crippen molar-refractivity contribution >= 4 is 0 Å². The van der Waals surface area contributed by atoms with Crippen LogP contribution in [-0.2, 0) is 34.0 Å². The highest BCUT2D eigenvalue weighted by Gasteiger charge is 2.38. The Morgan fingerprint density at radius 2 is 1.14 bits per heavy atom. The van der Waals surface area contributed by atoms with Crippen LogP contribution < -0.4 is 0 Å². The van der Waals surface area contributed by atoms with Gasteiger partial charge in [-0.3, -0.25) is 10.1 Å². The fraction of sp³-hybridized carbons (Fsp3) is 0.286. The molecule has 0 aromatic heterocycles. The van der Waals surface area contributed by atoms with Crippen molar-refractivity contribution in [2.75, 3.05) is 6.54 Å². The van der Waals surface area contributed by atoms with Crippen molar-refractivity contribution in [1.82, 2.24) is 0 Å². The molecule has 7 nitrogen and oxygen atoms in total. The fourth-order valence-electron chi connectivity index (χ4n) is 3.66. The minimum Gasteiger partial charge on any atom is -0.383 e. The quantitative estimate of drug-likeness (QED) is 0.196. The molecule has 7 heteroatoms. The standard InChI is InChI=1S/C28H31NO6/c1-2-26(33-19-22-12-6-3-7-13-22)28(35-21-24-16-10-5-11-17-24)27(25(30)18-29(31)32)34-20-23-14-8-4-9-15-23/h2-17,25-28,30H,1,18-21H2/t25-,26+,27-,28-/m0/s1. The number of nitrogens with zero attached hydrogens (tertiary/aromatic N) is 1. The molecule has 184 valence electrons. The molecule has 0 saturated carbocycles. The minimum atomic E-state index is -1.42. The molecule has 0 aliphatic rings. The number of rotatable bonds is 15. The van der Waals surface area contributed by atoms with Gasteiger partial charge in [-0.05, 0) is 16.7 Å². The van der Waals surface area contributed by atoms with Crippen molar-refractivity contribution in [3.63, 3.8) is 0 Å². The second-order valence-electron chi connectivity index (χ2n) is 8.10. The van der Waals surface area contributed by atoms with Gasteiger partial charge in [0.05, 0.1) is 19.8 Å². The maximum atomic E-state index is 11.2. The van der Waals surface area contributed by atoms with Crippen molar-refractivity contribution in [3.05, 3.63) is 130 Å². The van der Waals surface area contributed by atoms with E-state index in [-0.39, 0.29) is 19.8 Å². The molecule has 0 radical (unpaired) electrons. The zero-order valence-corrected chi connectivity index (χ0v) is 19.5. The topological polar surface area (TPSA) is 91.1 Å². The third-order valence-corrected chi connectivity index (χ3v) is 5.45. The summed E-state index contributed by atoms with van der Waals surface area (Å²) in [7, 11) is 0. The first-order chi connectivity index (χ1) is 17.1. The summed E-state index contributed by atoms with van der Waals surface area (Å²) in [6, 6.07) is 28.6. The van der Waals surface area contributed by atoms with Gasteiger partial charge in [-0.25, -0.2) is 0 Å². The van der Waals surface area contributed by atoms with E-state index in [0.29, 0.717) is 0 Å². The second-order valence-corrected chi connectivity index (χ2v) is 8.10. The lowest BCUT2D eigenvalue weighted by molar-refractivity contribution is -0.494. The summed E-state index contributed by atoms with van der Waals surface area (Å²) >= 11 is 0. The Morgan fingerprint density at radius 3 is 1.54 bits per heavy atom. The molecule has 0 fully saturated rings. The van der Waals surface area contributed by atoms with Crippen LogP contribution in [0.4, 0.5) is 0 Å². The maximum Gasteiger partial charge on any atom is 0.232 e. The number of hydrogen-bond donors (Lipinski definition) is 1. The molecule has 0 amide bonds. The van der Waals surface area contributed by atoms with Gasteiger partial charge >= 0.3 is 0 Å². The summed E-state index contributed by atoms with van der Waals surface area (Å²) < 4.78 is 18.4. The van der Waals surface area contributed by atoms with Crippen LogP contribution in [0, 0.1) is 10.1 Å². The van der Waals surface area contributed by atoms with Crippen LogP contribution in [0.25, 0.3) is 0 Å². The Labute approximate surface area is 205 Å². The van der Waals surface area contributed by atoms with E-state index in [4.69, 9.17) is 14.2 Å². The van der Waals surface area contributed by atoms with Gasteiger partial charge in [0.1, 0.15) is 24.4 Å². The average molecular weight is 478 g/mol. The Morgan fingerprint density at radius 1 is 0.743 bits per heavy atom. The molecule has 0 spiro atoms. The Balaban J connectivity index is 1.84. The van der Waals surface area contributed by atoms with Crippen LogP contribution in [0.1, 0.15) is 16.7 Å². The highest BCUT2D eigenvalue weighted by atomic mass is 16.6. The van der Waals surface area contributed by atoms with Crippen LogP contribution in [0.3, 0.4) is 0 Å². The zero-order chi connectivity index (χ0) is 24.9. The third kappa shape index (κ3) is 8.73. The largest absolute Gasteiger partial charge is 0.383 e. The van der Waals surface area contributed by atoms with Crippen molar-refractivity contribution in [3.8, 4) is 0 Å². The van der Waals surface area contributed by atoms with E-state index < -0.39 is 35.9 Å². The van der Waals surface area contributed by atoms with E-state index >= 15 is 0 Å². The monoisotopic (exact) mass is 477 g/mol. The number of aliphatic hydroxyl groups is 1. The van der Waals surface area contributed by atoms with E-state index in [2.05, 4.69) is 6.58 Å².